The highest BCUT2D eigenvalue weighted by Gasteiger charge is 2.19. The molecule has 0 aliphatic carbocycles. The molecule has 0 fully saturated rings. The van der Waals surface area contributed by atoms with Gasteiger partial charge >= 0.3 is 0 Å². The number of hydrogen-bond acceptors (Lipinski definition) is 4. The van der Waals surface area contributed by atoms with E-state index in [0.717, 1.165) is 30.4 Å². The summed E-state index contributed by atoms with van der Waals surface area (Å²) in [7, 11) is 0. The van der Waals surface area contributed by atoms with Crippen LogP contribution in [-0.4, -0.2) is 10.9 Å². The minimum atomic E-state index is -0.231. The summed E-state index contributed by atoms with van der Waals surface area (Å²) in [6, 6.07) is 7.53. The molecule has 23 heavy (non-hydrogen) atoms. The van der Waals surface area contributed by atoms with Crippen LogP contribution < -0.4 is 11.1 Å². The summed E-state index contributed by atoms with van der Waals surface area (Å²) in [5.74, 6) is -0.231. The predicted molar refractivity (Wildman–Crippen MR) is 103 cm³/mol. The van der Waals surface area contributed by atoms with Crippen LogP contribution in [0.15, 0.2) is 33.2 Å². The second-order valence-electron chi connectivity index (χ2n) is 5.18. The molecule has 3 rings (SSSR count). The van der Waals surface area contributed by atoms with Gasteiger partial charge in [0.15, 0.2) is 0 Å². The number of benzene rings is 1. The number of hydrogen-bond donors (Lipinski definition) is 2. The fourth-order valence-electron chi connectivity index (χ4n) is 2.41. The van der Waals surface area contributed by atoms with E-state index in [2.05, 4.69) is 42.2 Å². The molecule has 3 N–H and O–H groups in total. The van der Waals surface area contributed by atoms with E-state index in [1.165, 1.54) is 11.3 Å². The first kappa shape index (κ1) is 16.4. The third-order valence-corrected chi connectivity index (χ3v) is 5.66. The van der Waals surface area contributed by atoms with E-state index in [9.17, 15) is 4.79 Å². The number of nitrogen functional groups attached to an aromatic ring is 1. The molecule has 0 bridgehead atoms. The third-order valence-electron chi connectivity index (χ3n) is 3.41. The van der Waals surface area contributed by atoms with Gasteiger partial charge in [-0.15, -0.1) is 11.3 Å². The number of aromatic nitrogens is 1. The van der Waals surface area contributed by atoms with Crippen molar-refractivity contribution in [1.82, 2.24) is 4.98 Å². The zero-order chi connectivity index (χ0) is 16.7. The van der Waals surface area contributed by atoms with Gasteiger partial charge in [-0.05, 0) is 59.6 Å². The summed E-state index contributed by atoms with van der Waals surface area (Å²) < 4.78 is 1.73. The molecule has 0 atom stereocenters. The number of carbonyl (C=O) groups is 1. The lowest BCUT2D eigenvalue weighted by Gasteiger charge is -2.07. The maximum absolute atomic E-state index is 12.6. The molecule has 1 aromatic carbocycles. The summed E-state index contributed by atoms with van der Waals surface area (Å²) >= 11 is 8.14. The molecule has 0 unspecified atom stereocenters. The largest absolute Gasteiger partial charge is 0.397 e. The lowest BCUT2D eigenvalue weighted by atomic mass is 10.1. The highest BCUT2D eigenvalue weighted by molar-refractivity contribution is 9.11. The predicted octanol–water partition coefficient (Wildman–Crippen LogP) is 5.27. The van der Waals surface area contributed by atoms with Crippen molar-refractivity contribution in [3.05, 3.63) is 49.3 Å². The normalized spacial score (nSPS) is 11.0. The summed E-state index contributed by atoms with van der Waals surface area (Å²) in [4.78, 5) is 18.4. The van der Waals surface area contributed by atoms with E-state index in [-0.39, 0.29) is 5.91 Å². The lowest BCUT2D eigenvalue weighted by molar-refractivity contribution is 0.103. The van der Waals surface area contributed by atoms with Crippen LogP contribution in [0.5, 0.6) is 0 Å². The van der Waals surface area contributed by atoms with Gasteiger partial charge in [-0.3, -0.25) is 4.79 Å². The number of nitrogens with one attached hydrogen (secondary N) is 1. The van der Waals surface area contributed by atoms with Gasteiger partial charge in [-0.25, -0.2) is 4.98 Å². The topological polar surface area (TPSA) is 68.0 Å². The molecule has 3 aromatic rings. The first-order valence-corrected chi connectivity index (χ1v) is 9.19. The molecule has 1 amide bonds. The van der Waals surface area contributed by atoms with Crippen molar-refractivity contribution in [3.8, 4) is 0 Å². The van der Waals surface area contributed by atoms with Crippen LogP contribution in [0.3, 0.4) is 0 Å². The summed E-state index contributed by atoms with van der Waals surface area (Å²) in [6.07, 6.45) is 0. The summed E-state index contributed by atoms with van der Waals surface area (Å²) in [5.41, 5.74) is 9.32. The van der Waals surface area contributed by atoms with Gasteiger partial charge < -0.3 is 11.1 Å². The average Bonchev–Trinajstić information content (AvgIpc) is 2.79. The number of carbonyl (C=O) groups excluding carboxylic acids is 1. The Balaban J connectivity index is 2.01. The molecule has 118 valence electrons. The second kappa shape index (κ2) is 6.22. The van der Waals surface area contributed by atoms with Crippen LogP contribution in [0, 0.1) is 13.8 Å². The van der Waals surface area contributed by atoms with Crippen molar-refractivity contribution in [2.45, 2.75) is 13.8 Å². The Hall–Kier alpha value is -1.44. The van der Waals surface area contributed by atoms with Gasteiger partial charge in [0.2, 0.25) is 0 Å². The molecular formula is C16H13Br2N3OS. The molecular weight excluding hydrogens is 442 g/mol. The van der Waals surface area contributed by atoms with Crippen molar-refractivity contribution in [1.29, 1.82) is 0 Å². The molecule has 4 nitrogen and oxygen atoms in total. The van der Waals surface area contributed by atoms with Gasteiger partial charge in [0.25, 0.3) is 5.91 Å². The third kappa shape index (κ3) is 3.13. The zero-order valence-corrected chi connectivity index (χ0v) is 16.4. The van der Waals surface area contributed by atoms with Crippen LogP contribution >= 0.6 is 43.2 Å². The molecule has 2 heterocycles. The number of fused-ring (bicyclic) bond motifs is 1. The smallest absolute Gasteiger partial charge is 0.267 e. The van der Waals surface area contributed by atoms with Crippen LogP contribution in [0.25, 0.3) is 10.2 Å². The van der Waals surface area contributed by atoms with Crippen LogP contribution in [0.2, 0.25) is 0 Å². The molecule has 0 saturated heterocycles. The maximum atomic E-state index is 12.6. The van der Waals surface area contributed by atoms with E-state index < -0.39 is 0 Å². The molecule has 0 saturated carbocycles. The average molecular weight is 455 g/mol. The number of pyridine rings is 1. The van der Waals surface area contributed by atoms with Crippen molar-refractivity contribution in [2.24, 2.45) is 0 Å². The quantitative estimate of drug-likeness (QED) is 0.553. The number of amides is 1. The van der Waals surface area contributed by atoms with Crippen LogP contribution in [0.1, 0.15) is 20.9 Å². The summed E-state index contributed by atoms with van der Waals surface area (Å²) in [5, 5.41) is 3.75. The number of nitrogens with two attached hydrogens (primary N) is 1. The van der Waals surface area contributed by atoms with E-state index in [1.54, 1.807) is 0 Å². The number of nitrogens with zero attached hydrogens (tertiary/aromatic N) is 1. The lowest BCUT2D eigenvalue weighted by Crippen LogP contribution is -2.12. The van der Waals surface area contributed by atoms with Crippen molar-refractivity contribution in [3.63, 3.8) is 0 Å². The second-order valence-corrected chi connectivity index (χ2v) is 7.95. The molecule has 0 radical (unpaired) electrons. The Morgan fingerprint density at radius 1 is 1.26 bits per heavy atom. The Morgan fingerprint density at radius 2 is 2.00 bits per heavy atom. The molecule has 0 spiro atoms. The zero-order valence-electron chi connectivity index (χ0n) is 12.4. The SMILES string of the molecule is Cc1cc(C)c2c(N)c(C(=O)Nc3ccc(Br)cc3Br)sc2n1. The van der Waals surface area contributed by atoms with Gasteiger partial charge in [0, 0.05) is 20.0 Å². The molecule has 0 aliphatic heterocycles. The fourth-order valence-corrected chi connectivity index (χ4v) is 4.67. The number of anilines is 2. The van der Waals surface area contributed by atoms with E-state index in [0.29, 0.717) is 16.3 Å². The Bertz CT molecular complexity index is 937. The first-order valence-electron chi connectivity index (χ1n) is 6.79. The number of halogens is 2. The molecule has 0 aliphatic rings. The van der Waals surface area contributed by atoms with E-state index in [4.69, 9.17) is 5.73 Å². The molecule has 7 heteroatoms. The number of thiophene rings is 1. The Labute approximate surface area is 154 Å². The van der Waals surface area contributed by atoms with Crippen LogP contribution in [-0.2, 0) is 0 Å². The van der Waals surface area contributed by atoms with Crippen molar-refractivity contribution < 1.29 is 4.79 Å². The van der Waals surface area contributed by atoms with Gasteiger partial charge in [0.05, 0.1) is 11.4 Å². The van der Waals surface area contributed by atoms with Crippen molar-refractivity contribution in [2.75, 3.05) is 11.1 Å². The van der Waals surface area contributed by atoms with E-state index >= 15 is 0 Å². The molecule has 2 aromatic heterocycles. The van der Waals surface area contributed by atoms with E-state index in [1.807, 2.05) is 38.1 Å². The van der Waals surface area contributed by atoms with Crippen LogP contribution in [0.4, 0.5) is 11.4 Å². The van der Waals surface area contributed by atoms with Gasteiger partial charge in [0.1, 0.15) is 9.71 Å². The number of aryl methyl sites for hydroxylation is 2. The van der Waals surface area contributed by atoms with Gasteiger partial charge in [-0.1, -0.05) is 15.9 Å². The van der Waals surface area contributed by atoms with Gasteiger partial charge in [-0.2, -0.15) is 0 Å². The highest BCUT2D eigenvalue weighted by Crippen LogP contribution is 2.36. The summed E-state index contributed by atoms with van der Waals surface area (Å²) in [6.45, 7) is 3.91. The fraction of sp³-hybridized carbons (Fsp3) is 0.125. The Morgan fingerprint density at radius 3 is 2.70 bits per heavy atom. The monoisotopic (exact) mass is 453 g/mol. The Kier molecular flexibility index (Phi) is 4.44. The van der Waals surface area contributed by atoms with Crippen molar-refractivity contribution >= 4 is 70.7 Å². The standard InChI is InChI=1S/C16H13Br2N3OS/c1-7-5-8(2)20-16-12(7)13(19)14(23-16)15(22)21-11-4-3-9(17)6-10(11)18/h3-6H,19H2,1-2H3,(H,21,22). The number of rotatable bonds is 2. The minimum absolute atomic E-state index is 0.231. The maximum Gasteiger partial charge on any atom is 0.267 e. The highest BCUT2D eigenvalue weighted by atomic mass is 79.9. The first-order chi connectivity index (χ1) is 10.9. The minimum Gasteiger partial charge on any atom is -0.397 e.